The first-order valence-corrected chi connectivity index (χ1v) is 8.11. The fourth-order valence-electron chi connectivity index (χ4n) is 2.28. The van der Waals surface area contributed by atoms with Crippen molar-refractivity contribution in [1.29, 1.82) is 0 Å². The molecule has 0 bridgehead atoms. The van der Waals surface area contributed by atoms with Crippen LogP contribution in [0.3, 0.4) is 0 Å². The van der Waals surface area contributed by atoms with Crippen LogP contribution in [0, 0.1) is 6.92 Å². The molecule has 0 aliphatic heterocycles. The number of halogens is 1. The third-order valence-corrected chi connectivity index (χ3v) is 4.17. The molecule has 122 valence electrons. The Labute approximate surface area is 145 Å². The van der Waals surface area contributed by atoms with Gasteiger partial charge in [0.1, 0.15) is 5.75 Å². The largest absolute Gasteiger partial charge is 0.497 e. The second kappa shape index (κ2) is 7.04. The molecular weight excluding hydrogens is 356 g/mol. The Morgan fingerprint density at radius 2 is 1.78 bits per heavy atom. The molecule has 0 aliphatic carbocycles. The Kier molecular flexibility index (Phi) is 5.31. The SMILES string of the molecule is COc1ccc(C(C)(C)NC(=O)Nc2ccc(Br)cc2C)cc1. The molecule has 0 radical (unpaired) electrons. The van der Waals surface area contributed by atoms with Gasteiger partial charge in [0.05, 0.1) is 12.6 Å². The molecular formula is C18H21BrN2O2. The number of anilines is 1. The van der Waals surface area contributed by atoms with E-state index in [1.807, 2.05) is 63.2 Å². The van der Waals surface area contributed by atoms with E-state index < -0.39 is 5.54 Å². The zero-order valence-corrected chi connectivity index (χ0v) is 15.3. The summed E-state index contributed by atoms with van der Waals surface area (Å²) in [4.78, 5) is 12.3. The van der Waals surface area contributed by atoms with E-state index in [0.717, 1.165) is 27.0 Å². The van der Waals surface area contributed by atoms with E-state index in [-0.39, 0.29) is 6.03 Å². The van der Waals surface area contributed by atoms with E-state index in [2.05, 4.69) is 26.6 Å². The number of hydrogen-bond acceptors (Lipinski definition) is 2. The van der Waals surface area contributed by atoms with Crippen molar-refractivity contribution in [2.45, 2.75) is 26.3 Å². The molecule has 0 saturated carbocycles. The Morgan fingerprint density at radius 3 is 2.35 bits per heavy atom. The molecule has 0 heterocycles. The van der Waals surface area contributed by atoms with Crippen molar-refractivity contribution >= 4 is 27.6 Å². The molecule has 0 unspecified atom stereocenters. The summed E-state index contributed by atoms with van der Waals surface area (Å²) >= 11 is 3.42. The van der Waals surface area contributed by atoms with E-state index in [9.17, 15) is 4.79 Å². The number of hydrogen-bond donors (Lipinski definition) is 2. The van der Waals surface area contributed by atoms with E-state index in [0.29, 0.717) is 0 Å². The van der Waals surface area contributed by atoms with Crippen LogP contribution in [0.5, 0.6) is 5.75 Å². The molecule has 2 aromatic carbocycles. The zero-order chi connectivity index (χ0) is 17.0. The zero-order valence-electron chi connectivity index (χ0n) is 13.7. The maximum Gasteiger partial charge on any atom is 0.319 e. The lowest BCUT2D eigenvalue weighted by atomic mass is 9.94. The fourth-order valence-corrected chi connectivity index (χ4v) is 2.76. The van der Waals surface area contributed by atoms with Gasteiger partial charge in [-0.25, -0.2) is 4.79 Å². The van der Waals surface area contributed by atoms with Gasteiger partial charge in [0.15, 0.2) is 0 Å². The smallest absolute Gasteiger partial charge is 0.319 e. The minimum absolute atomic E-state index is 0.240. The molecule has 0 aliphatic rings. The quantitative estimate of drug-likeness (QED) is 0.803. The lowest BCUT2D eigenvalue weighted by Crippen LogP contribution is -2.43. The predicted octanol–water partition coefficient (Wildman–Crippen LogP) is 4.82. The standard InChI is InChI=1S/C18H21BrN2O2/c1-12-11-14(19)7-10-16(12)20-17(22)21-18(2,3)13-5-8-15(23-4)9-6-13/h5-11H,1-4H3,(H2,20,21,22). The first kappa shape index (κ1) is 17.3. The van der Waals surface area contributed by atoms with Gasteiger partial charge in [0.2, 0.25) is 0 Å². The van der Waals surface area contributed by atoms with Gasteiger partial charge in [-0.15, -0.1) is 0 Å². The molecule has 2 N–H and O–H groups in total. The normalized spacial score (nSPS) is 11.0. The molecule has 2 aromatic rings. The lowest BCUT2D eigenvalue weighted by molar-refractivity contribution is 0.242. The number of carbonyl (C=O) groups is 1. The van der Waals surface area contributed by atoms with Gasteiger partial charge in [0, 0.05) is 10.2 Å². The van der Waals surface area contributed by atoms with E-state index in [1.165, 1.54) is 0 Å². The number of methoxy groups -OCH3 is 1. The van der Waals surface area contributed by atoms with E-state index in [1.54, 1.807) is 7.11 Å². The van der Waals surface area contributed by atoms with Crippen molar-refractivity contribution in [2.24, 2.45) is 0 Å². The number of urea groups is 1. The van der Waals surface area contributed by atoms with E-state index >= 15 is 0 Å². The third-order valence-electron chi connectivity index (χ3n) is 3.67. The van der Waals surface area contributed by atoms with Crippen molar-refractivity contribution < 1.29 is 9.53 Å². The monoisotopic (exact) mass is 376 g/mol. The summed E-state index contributed by atoms with van der Waals surface area (Å²) < 4.78 is 6.15. The third kappa shape index (κ3) is 4.48. The lowest BCUT2D eigenvalue weighted by Gasteiger charge is -2.27. The highest BCUT2D eigenvalue weighted by molar-refractivity contribution is 9.10. The first-order valence-electron chi connectivity index (χ1n) is 7.31. The van der Waals surface area contributed by atoms with Crippen LogP contribution >= 0.6 is 15.9 Å². The Bertz CT molecular complexity index is 697. The minimum Gasteiger partial charge on any atom is -0.497 e. The average Bonchev–Trinajstić information content (AvgIpc) is 2.49. The summed E-state index contributed by atoms with van der Waals surface area (Å²) in [5, 5.41) is 5.89. The summed E-state index contributed by atoms with van der Waals surface area (Å²) in [6.45, 7) is 5.88. The van der Waals surface area contributed by atoms with Gasteiger partial charge >= 0.3 is 6.03 Å². The van der Waals surface area contributed by atoms with Gasteiger partial charge in [-0.2, -0.15) is 0 Å². The maximum atomic E-state index is 12.3. The number of amides is 2. The number of carbonyl (C=O) groups excluding carboxylic acids is 1. The molecule has 0 spiro atoms. The summed E-state index contributed by atoms with van der Waals surface area (Å²) in [6, 6.07) is 13.2. The van der Waals surface area contributed by atoms with Crippen LogP contribution in [0.25, 0.3) is 0 Å². The van der Waals surface area contributed by atoms with Crippen LogP contribution in [0.15, 0.2) is 46.9 Å². The van der Waals surface area contributed by atoms with Crippen LogP contribution in [0.2, 0.25) is 0 Å². The number of aryl methyl sites for hydroxylation is 1. The number of nitrogens with one attached hydrogen (secondary N) is 2. The molecule has 2 rings (SSSR count). The van der Waals surface area contributed by atoms with Crippen LogP contribution in [-0.4, -0.2) is 13.1 Å². The van der Waals surface area contributed by atoms with E-state index in [4.69, 9.17) is 4.74 Å². The second-order valence-corrected chi connectivity index (χ2v) is 6.81. The van der Waals surface area contributed by atoms with Gasteiger partial charge in [0.25, 0.3) is 0 Å². The van der Waals surface area contributed by atoms with Crippen LogP contribution in [0.1, 0.15) is 25.0 Å². The van der Waals surface area contributed by atoms with Gasteiger partial charge in [-0.3, -0.25) is 0 Å². The van der Waals surface area contributed by atoms with Crippen molar-refractivity contribution in [2.75, 3.05) is 12.4 Å². The Morgan fingerprint density at radius 1 is 1.13 bits per heavy atom. The minimum atomic E-state index is -0.500. The molecule has 5 heteroatoms. The highest BCUT2D eigenvalue weighted by Gasteiger charge is 2.23. The molecule has 0 saturated heterocycles. The highest BCUT2D eigenvalue weighted by Crippen LogP contribution is 2.24. The maximum absolute atomic E-state index is 12.3. The van der Waals surface area contributed by atoms with Gasteiger partial charge in [-0.05, 0) is 62.2 Å². The highest BCUT2D eigenvalue weighted by atomic mass is 79.9. The summed E-state index contributed by atoms with van der Waals surface area (Å²) in [6.07, 6.45) is 0. The fraction of sp³-hybridized carbons (Fsp3) is 0.278. The molecule has 23 heavy (non-hydrogen) atoms. The number of benzene rings is 2. The van der Waals surface area contributed by atoms with Gasteiger partial charge in [-0.1, -0.05) is 28.1 Å². The first-order chi connectivity index (χ1) is 10.8. The molecule has 0 fully saturated rings. The summed E-state index contributed by atoms with van der Waals surface area (Å²) in [5.74, 6) is 0.791. The summed E-state index contributed by atoms with van der Waals surface area (Å²) in [5.41, 5.74) is 2.29. The van der Waals surface area contributed by atoms with Crippen LogP contribution in [0.4, 0.5) is 10.5 Å². The van der Waals surface area contributed by atoms with Gasteiger partial charge < -0.3 is 15.4 Å². The topological polar surface area (TPSA) is 50.4 Å². The van der Waals surface area contributed by atoms with Crippen molar-refractivity contribution in [3.8, 4) is 5.75 Å². The van der Waals surface area contributed by atoms with Crippen molar-refractivity contribution in [1.82, 2.24) is 5.32 Å². The summed E-state index contributed by atoms with van der Waals surface area (Å²) in [7, 11) is 1.63. The number of ether oxygens (including phenoxy) is 1. The average molecular weight is 377 g/mol. The Hall–Kier alpha value is -2.01. The van der Waals surface area contributed by atoms with Crippen molar-refractivity contribution in [3.05, 3.63) is 58.1 Å². The van der Waals surface area contributed by atoms with Crippen LogP contribution < -0.4 is 15.4 Å². The molecule has 4 nitrogen and oxygen atoms in total. The second-order valence-electron chi connectivity index (χ2n) is 5.89. The molecule has 0 aromatic heterocycles. The predicted molar refractivity (Wildman–Crippen MR) is 97.1 cm³/mol. The van der Waals surface area contributed by atoms with Crippen LogP contribution in [-0.2, 0) is 5.54 Å². The molecule has 2 amide bonds. The Balaban J connectivity index is 2.08. The van der Waals surface area contributed by atoms with Crippen molar-refractivity contribution in [3.63, 3.8) is 0 Å². The number of rotatable bonds is 4. The molecule has 0 atom stereocenters.